The molecule has 0 fully saturated rings. The Labute approximate surface area is 154 Å². The maximum atomic E-state index is 13.4. The van der Waals surface area contributed by atoms with E-state index in [1.165, 1.54) is 14.2 Å². The van der Waals surface area contributed by atoms with E-state index in [0.717, 1.165) is 5.57 Å². The Morgan fingerprint density at radius 2 is 1.50 bits per heavy atom. The molecular formula is C20H24O5Si. The van der Waals surface area contributed by atoms with Crippen molar-refractivity contribution in [2.45, 2.75) is 39.1 Å². The molecule has 6 heteroatoms. The van der Waals surface area contributed by atoms with Crippen LogP contribution in [0, 0.1) is 0 Å². The Morgan fingerprint density at radius 1 is 0.962 bits per heavy atom. The number of carbonyl (C=O) groups excluding carboxylic acids is 2. The van der Waals surface area contributed by atoms with Gasteiger partial charge in [-0.25, -0.2) is 0 Å². The standard InChI is InChI=1S/C20H24O5Si/c1-11-9-12-16(15(10-11)25-26(4,5)6)20(22)18-14(24-3)8-7-13(23-2)17(18)19(12)21/h7-8,10,15H,9H2,1-6H3. The first-order valence-electron chi connectivity index (χ1n) is 8.60. The van der Waals surface area contributed by atoms with Crippen molar-refractivity contribution in [3.63, 3.8) is 0 Å². The van der Waals surface area contributed by atoms with Gasteiger partial charge < -0.3 is 13.9 Å². The van der Waals surface area contributed by atoms with Gasteiger partial charge in [0.25, 0.3) is 0 Å². The summed E-state index contributed by atoms with van der Waals surface area (Å²) < 4.78 is 17.0. The molecule has 0 spiro atoms. The monoisotopic (exact) mass is 372 g/mol. The molecule has 1 unspecified atom stereocenters. The van der Waals surface area contributed by atoms with Crippen molar-refractivity contribution in [1.82, 2.24) is 0 Å². The van der Waals surface area contributed by atoms with Gasteiger partial charge in [0.2, 0.25) is 0 Å². The molecule has 0 aromatic heterocycles. The Hall–Kier alpha value is -2.18. The summed E-state index contributed by atoms with van der Waals surface area (Å²) in [7, 11) is 1.05. The van der Waals surface area contributed by atoms with E-state index >= 15 is 0 Å². The number of benzene rings is 1. The van der Waals surface area contributed by atoms with Crippen molar-refractivity contribution in [2.24, 2.45) is 0 Å². The lowest BCUT2D eigenvalue weighted by molar-refractivity contribution is 0.0944. The lowest BCUT2D eigenvalue weighted by Gasteiger charge is -2.33. The van der Waals surface area contributed by atoms with Gasteiger partial charge in [0.15, 0.2) is 19.9 Å². The van der Waals surface area contributed by atoms with Crippen LogP contribution in [-0.2, 0) is 4.43 Å². The van der Waals surface area contributed by atoms with Crippen molar-refractivity contribution in [1.29, 1.82) is 0 Å². The summed E-state index contributed by atoms with van der Waals surface area (Å²) in [6.45, 7) is 8.16. The van der Waals surface area contributed by atoms with E-state index in [9.17, 15) is 9.59 Å². The molecule has 26 heavy (non-hydrogen) atoms. The summed E-state index contributed by atoms with van der Waals surface area (Å²) in [4.78, 5) is 26.7. The van der Waals surface area contributed by atoms with Gasteiger partial charge in [0, 0.05) is 11.1 Å². The molecule has 1 aromatic rings. The van der Waals surface area contributed by atoms with Crippen molar-refractivity contribution < 1.29 is 23.5 Å². The van der Waals surface area contributed by atoms with Crippen LogP contribution in [0.15, 0.2) is 34.9 Å². The van der Waals surface area contributed by atoms with Gasteiger partial charge in [-0.2, -0.15) is 0 Å². The van der Waals surface area contributed by atoms with E-state index in [1.54, 1.807) is 12.1 Å². The number of methoxy groups -OCH3 is 2. The molecule has 0 bridgehead atoms. The van der Waals surface area contributed by atoms with Crippen LogP contribution < -0.4 is 9.47 Å². The minimum absolute atomic E-state index is 0.179. The highest BCUT2D eigenvalue weighted by atomic mass is 28.4. The summed E-state index contributed by atoms with van der Waals surface area (Å²) in [6, 6.07) is 3.32. The highest BCUT2D eigenvalue weighted by molar-refractivity contribution is 6.69. The van der Waals surface area contributed by atoms with Gasteiger partial charge in [-0.3, -0.25) is 9.59 Å². The molecule has 0 saturated heterocycles. The number of fused-ring (bicyclic) bond motifs is 1. The van der Waals surface area contributed by atoms with E-state index in [0.29, 0.717) is 29.1 Å². The van der Waals surface area contributed by atoms with Crippen molar-refractivity contribution in [2.75, 3.05) is 14.2 Å². The third-order valence-electron chi connectivity index (χ3n) is 4.52. The van der Waals surface area contributed by atoms with E-state index in [1.807, 2.05) is 13.0 Å². The van der Waals surface area contributed by atoms with Crippen molar-refractivity contribution in [3.05, 3.63) is 46.1 Å². The quantitative estimate of drug-likeness (QED) is 0.591. The molecule has 3 rings (SSSR count). The number of Topliss-reactive ketones (excluding diaryl/α,β-unsaturated/α-hetero) is 2. The minimum atomic E-state index is -1.93. The number of hydrogen-bond donors (Lipinski definition) is 0. The molecule has 0 heterocycles. The van der Waals surface area contributed by atoms with Gasteiger partial charge in [0.1, 0.15) is 11.5 Å². The highest BCUT2D eigenvalue weighted by Crippen LogP contribution is 2.43. The van der Waals surface area contributed by atoms with Gasteiger partial charge in [-0.1, -0.05) is 11.6 Å². The molecule has 0 radical (unpaired) electrons. The van der Waals surface area contributed by atoms with Crippen molar-refractivity contribution >= 4 is 19.9 Å². The van der Waals surface area contributed by atoms with Crippen LogP contribution in [0.3, 0.4) is 0 Å². The summed E-state index contributed by atoms with van der Waals surface area (Å²) in [5.74, 6) is 0.378. The van der Waals surface area contributed by atoms with Crippen LogP contribution in [0.5, 0.6) is 11.5 Å². The third-order valence-corrected chi connectivity index (χ3v) is 5.48. The second-order valence-corrected chi connectivity index (χ2v) is 12.1. The van der Waals surface area contributed by atoms with Gasteiger partial charge in [0.05, 0.1) is 31.5 Å². The third kappa shape index (κ3) is 3.03. The summed E-state index contributed by atoms with van der Waals surface area (Å²) in [5, 5.41) is 0. The van der Waals surface area contributed by atoms with Gasteiger partial charge >= 0.3 is 0 Å². The Balaban J connectivity index is 2.22. The minimum Gasteiger partial charge on any atom is -0.496 e. The van der Waals surface area contributed by atoms with Crippen LogP contribution in [0.1, 0.15) is 34.1 Å². The molecule has 0 amide bonds. The maximum absolute atomic E-state index is 13.4. The second-order valence-electron chi connectivity index (χ2n) is 7.61. The number of ketones is 2. The van der Waals surface area contributed by atoms with Crippen molar-refractivity contribution in [3.8, 4) is 11.5 Å². The predicted octanol–water partition coefficient (Wildman–Crippen LogP) is 3.95. The van der Waals surface area contributed by atoms with Gasteiger partial charge in [-0.15, -0.1) is 0 Å². The number of rotatable bonds is 4. The zero-order chi connectivity index (χ0) is 19.2. The summed E-state index contributed by atoms with van der Waals surface area (Å²) >= 11 is 0. The first-order valence-corrected chi connectivity index (χ1v) is 12.0. The van der Waals surface area contributed by atoms with Crippen LogP contribution >= 0.6 is 0 Å². The number of carbonyl (C=O) groups is 2. The SMILES string of the molecule is COc1ccc(OC)c2c1C(=O)C1=C(C2=O)C(O[Si](C)(C)C)C=C(C)C1. The Morgan fingerprint density at radius 3 is 2.00 bits per heavy atom. The molecular weight excluding hydrogens is 348 g/mol. The normalized spacial score (nSPS) is 19.8. The van der Waals surface area contributed by atoms with Crippen LogP contribution in [0.4, 0.5) is 0 Å². The molecule has 5 nitrogen and oxygen atoms in total. The van der Waals surface area contributed by atoms with E-state index in [2.05, 4.69) is 19.6 Å². The number of ether oxygens (including phenoxy) is 2. The highest BCUT2D eigenvalue weighted by Gasteiger charge is 2.42. The molecule has 2 aliphatic rings. The average molecular weight is 372 g/mol. The molecule has 0 saturated carbocycles. The second kappa shape index (κ2) is 6.52. The molecule has 138 valence electrons. The topological polar surface area (TPSA) is 61.8 Å². The first-order chi connectivity index (χ1) is 12.2. The molecule has 1 aromatic carbocycles. The fourth-order valence-corrected chi connectivity index (χ4v) is 4.48. The lowest BCUT2D eigenvalue weighted by Crippen LogP contribution is -2.38. The van der Waals surface area contributed by atoms with Gasteiger partial charge in [-0.05, 0) is 45.1 Å². The fraction of sp³-hybridized carbons (Fsp3) is 0.400. The van der Waals surface area contributed by atoms with E-state index in [4.69, 9.17) is 13.9 Å². The van der Waals surface area contributed by atoms with Crippen LogP contribution in [0.25, 0.3) is 0 Å². The number of hydrogen-bond acceptors (Lipinski definition) is 5. The fourth-order valence-electron chi connectivity index (χ4n) is 3.53. The number of allylic oxidation sites excluding steroid dienone is 2. The largest absolute Gasteiger partial charge is 0.496 e. The molecule has 0 N–H and O–H groups in total. The molecule has 1 atom stereocenters. The maximum Gasteiger partial charge on any atom is 0.196 e. The van der Waals surface area contributed by atoms with E-state index in [-0.39, 0.29) is 22.7 Å². The average Bonchev–Trinajstić information content (AvgIpc) is 2.56. The Kier molecular flexibility index (Phi) is 4.66. The van der Waals surface area contributed by atoms with Crippen LogP contribution in [0.2, 0.25) is 19.6 Å². The first kappa shape index (κ1) is 18.6. The smallest absolute Gasteiger partial charge is 0.196 e. The summed E-state index contributed by atoms with van der Waals surface area (Å²) in [5.41, 5.74) is 2.54. The van der Waals surface area contributed by atoms with Crippen LogP contribution in [-0.4, -0.2) is 40.2 Å². The van der Waals surface area contributed by atoms with E-state index < -0.39 is 14.4 Å². The zero-order valence-electron chi connectivity index (χ0n) is 16.1. The zero-order valence-corrected chi connectivity index (χ0v) is 17.1. The molecule has 0 aliphatic heterocycles. The Bertz CT molecular complexity index is 858. The lowest BCUT2D eigenvalue weighted by atomic mass is 9.76. The summed E-state index contributed by atoms with van der Waals surface area (Å²) in [6.07, 6.45) is 1.91. The predicted molar refractivity (Wildman–Crippen MR) is 102 cm³/mol. The molecule has 2 aliphatic carbocycles.